The summed E-state index contributed by atoms with van der Waals surface area (Å²) in [6, 6.07) is 3.31. The highest BCUT2D eigenvalue weighted by Crippen LogP contribution is 2.25. The Labute approximate surface area is 153 Å². The second-order valence-electron chi connectivity index (χ2n) is 6.49. The van der Waals surface area contributed by atoms with Crippen LogP contribution in [0.3, 0.4) is 0 Å². The highest BCUT2D eigenvalue weighted by atomic mass is 32.2. The van der Waals surface area contributed by atoms with Gasteiger partial charge in [-0.25, -0.2) is 17.6 Å². The van der Waals surface area contributed by atoms with Gasteiger partial charge in [0.25, 0.3) is 0 Å². The highest BCUT2D eigenvalue weighted by molar-refractivity contribution is 7.89. The first kappa shape index (κ1) is 19.2. The fourth-order valence-corrected chi connectivity index (χ4v) is 5.02. The molecule has 0 aliphatic carbocycles. The maximum absolute atomic E-state index is 13.9. The third-order valence-electron chi connectivity index (χ3n) is 4.81. The predicted molar refractivity (Wildman–Crippen MR) is 94.0 cm³/mol. The maximum Gasteiger partial charge on any atom is 0.338 e. The van der Waals surface area contributed by atoms with Crippen molar-refractivity contribution in [1.82, 2.24) is 14.5 Å². The minimum absolute atomic E-state index is 0.0942. The second-order valence-corrected chi connectivity index (χ2v) is 8.43. The van der Waals surface area contributed by atoms with Gasteiger partial charge in [-0.1, -0.05) is 0 Å². The average Bonchev–Trinajstić information content (AvgIpc) is 3.13. The molecule has 2 saturated heterocycles. The van der Waals surface area contributed by atoms with E-state index in [9.17, 15) is 17.6 Å². The smallest absolute Gasteiger partial charge is 0.338 e. The Balaban J connectivity index is 1.79. The Morgan fingerprint density at radius 2 is 2.00 bits per heavy atom. The minimum atomic E-state index is -3.86. The largest absolute Gasteiger partial charge is 0.462 e. The van der Waals surface area contributed by atoms with Gasteiger partial charge in [-0.05, 0) is 31.5 Å². The van der Waals surface area contributed by atoms with Crippen LogP contribution in [0.25, 0.3) is 0 Å². The first-order valence-electron chi connectivity index (χ1n) is 8.84. The molecule has 0 aromatic heterocycles. The number of carbonyl (C=O) groups is 1. The van der Waals surface area contributed by atoms with Gasteiger partial charge in [0.15, 0.2) is 0 Å². The summed E-state index contributed by atoms with van der Waals surface area (Å²) < 4.78 is 46.0. The quantitative estimate of drug-likeness (QED) is 0.751. The summed E-state index contributed by atoms with van der Waals surface area (Å²) in [4.78, 5) is 13.9. The van der Waals surface area contributed by atoms with Crippen LogP contribution in [-0.2, 0) is 14.8 Å². The van der Waals surface area contributed by atoms with Crippen molar-refractivity contribution >= 4 is 16.0 Å². The van der Waals surface area contributed by atoms with E-state index in [-0.39, 0.29) is 23.1 Å². The molecule has 2 heterocycles. The zero-order valence-electron chi connectivity index (χ0n) is 14.8. The van der Waals surface area contributed by atoms with Crippen molar-refractivity contribution < 1.29 is 22.3 Å². The van der Waals surface area contributed by atoms with Crippen molar-refractivity contribution in [2.24, 2.45) is 0 Å². The molecular weight excluding hydrogens is 361 g/mol. The normalized spacial score (nSPS) is 22.5. The standard InChI is InChI=1S/C17H24FN3O4S/c1-2-25-17(22)13-9-14(18)11-16(10-13)26(23,24)21-6-3-15(12-21)20-7-4-19-5-8-20/h9-11,15,19H,2-8,12H2,1H3. The van der Waals surface area contributed by atoms with E-state index < -0.39 is 21.8 Å². The number of halogens is 1. The van der Waals surface area contributed by atoms with Crippen molar-refractivity contribution in [3.63, 3.8) is 0 Å². The van der Waals surface area contributed by atoms with Crippen molar-refractivity contribution in [2.45, 2.75) is 24.3 Å². The molecule has 0 saturated carbocycles. The third kappa shape index (κ3) is 4.06. The van der Waals surface area contributed by atoms with Crippen LogP contribution in [0.15, 0.2) is 23.1 Å². The molecule has 0 bridgehead atoms. The van der Waals surface area contributed by atoms with Crippen LogP contribution in [0.2, 0.25) is 0 Å². The number of nitrogens with zero attached hydrogens (tertiary/aromatic N) is 2. The van der Waals surface area contributed by atoms with Crippen LogP contribution in [0.5, 0.6) is 0 Å². The number of piperazine rings is 1. The summed E-state index contributed by atoms with van der Waals surface area (Å²) in [5.74, 6) is -1.50. The first-order valence-corrected chi connectivity index (χ1v) is 10.3. The van der Waals surface area contributed by atoms with Gasteiger partial charge < -0.3 is 10.1 Å². The number of hydrogen-bond donors (Lipinski definition) is 1. The molecule has 0 spiro atoms. The fraction of sp³-hybridized carbons (Fsp3) is 0.588. The molecule has 1 N–H and O–H groups in total. The Morgan fingerprint density at radius 1 is 1.27 bits per heavy atom. The van der Waals surface area contributed by atoms with Gasteiger partial charge in [-0.2, -0.15) is 4.31 Å². The molecule has 0 radical (unpaired) electrons. The zero-order chi connectivity index (χ0) is 18.7. The van der Waals surface area contributed by atoms with E-state index >= 15 is 0 Å². The monoisotopic (exact) mass is 385 g/mol. The van der Waals surface area contributed by atoms with Crippen LogP contribution in [0.1, 0.15) is 23.7 Å². The van der Waals surface area contributed by atoms with Crippen LogP contribution >= 0.6 is 0 Å². The number of benzene rings is 1. The average molecular weight is 385 g/mol. The lowest BCUT2D eigenvalue weighted by Gasteiger charge is -2.32. The first-order chi connectivity index (χ1) is 12.4. The van der Waals surface area contributed by atoms with Crippen molar-refractivity contribution in [2.75, 3.05) is 45.9 Å². The van der Waals surface area contributed by atoms with Crippen LogP contribution in [0.4, 0.5) is 4.39 Å². The van der Waals surface area contributed by atoms with Gasteiger partial charge in [0, 0.05) is 45.3 Å². The van der Waals surface area contributed by atoms with E-state index in [4.69, 9.17) is 4.74 Å². The fourth-order valence-electron chi connectivity index (χ4n) is 3.47. The molecule has 9 heteroatoms. The molecule has 7 nitrogen and oxygen atoms in total. The summed E-state index contributed by atoms with van der Waals surface area (Å²) in [6.45, 7) is 6.13. The maximum atomic E-state index is 13.9. The zero-order valence-corrected chi connectivity index (χ0v) is 15.6. The van der Waals surface area contributed by atoms with Crippen LogP contribution < -0.4 is 5.32 Å². The van der Waals surface area contributed by atoms with Crippen molar-refractivity contribution in [1.29, 1.82) is 0 Å². The Hall–Kier alpha value is -1.55. The van der Waals surface area contributed by atoms with Crippen LogP contribution in [-0.4, -0.2) is 75.5 Å². The molecule has 0 amide bonds. The predicted octanol–water partition coefficient (Wildman–Crippen LogP) is 0.671. The molecule has 1 unspecified atom stereocenters. The number of sulfonamides is 1. The number of rotatable bonds is 5. The molecule has 144 valence electrons. The number of esters is 1. The molecule has 2 aliphatic rings. The van der Waals surface area contributed by atoms with Crippen LogP contribution in [0, 0.1) is 5.82 Å². The molecule has 1 aromatic rings. The molecule has 2 aliphatic heterocycles. The third-order valence-corrected chi connectivity index (χ3v) is 6.66. The highest BCUT2D eigenvalue weighted by Gasteiger charge is 2.36. The van der Waals surface area contributed by atoms with E-state index in [1.165, 1.54) is 10.4 Å². The molecule has 1 aromatic carbocycles. The van der Waals surface area contributed by atoms with Gasteiger partial charge >= 0.3 is 5.97 Å². The topological polar surface area (TPSA) is 79.0 Å². The van der Waals surface area contributed by atoms with E-state index in [0.29, 0.717) is 13.1 Å². The van der Waals surface area contributed by atoms with E-state index in [1.807, 2.05) is 0 Å². The van der Waals surface area contributed by atoms with Gasteiger partial charge in [0.2, 0.25) is 10.0 Å². The van der Waals surface area contributed by atoms with Crippen molar-refractivity contribution in [3.05, 3.63) is 29.6 Å². The lowest BCUT2D eigenvalue weighted by atomic mass is 10.2. The number of carbonyl (C=O) groups excluding carboxylic acids is 1. The summed E-state index contributed by atoms with van der Waals surface area (Å²) in [7, 11) is -3.86. The van der Waals surface area contributed by atoms with Gasteiger partial charge in [-0.3, -0.25) is 4.90 Å². The Morgan fingerprint density at radius 3 is 2.69 bits per heavy atom. The summed E-state index contributed by atoms with van der Waals surface area (Å²) >= 11 is 0. The SMILES string of the molecule is CCOC(=O)c1cc(F)cc(S(=O)(=O)N2CCC(N3CCNCC3)C2)c1. The lowest BCUT2D eigenvalue weighted by molar-refractivity contribution is 0.0525. The van der Waals surface area contributed by atoms with E-state index in [0.717, 1.165) is 44.7 Å². The van der Waals surface area contributed by atoms with Gasteiger partial charge in [0.1, 0.15) is 5.82 Å². The molecule has 3 rings (SSSR count). The van der Waals surface area contributed by atoms with E-state index in [1.54, 1.807) is 6.92 Å². The Kier molecular flexibility index (Phi) is 5.91. The minimum Gasteiger partial charge on any atom is -0.462 e. The van der Waals surface area contributed by atoms with Gasteiger partial charge in [-0.15, -0.1) is 0 Å². The van der Waals surface area contributed by atoms with E-state index in [2.05, 4.69) is 10.2 Å². The second kappa shape index (κ2) is 7.99. The Bertz CT molecular complexity index is 765. The van der Waals surface area contributed by atoms with Crippen molar-refractivity contribution in [3.8, 4) is 0 Å². The summed E-state index contributed by atoms with van der Waals surface area (Å²) in [5, 5.41) is 3.28. The summed E-state index contributed by atoms with van der Waals surface area (Å²) in [5.41, 5.74) is -0.0942. The molecule has 1 atom stereocenters. The lowest BCUT2D eigenvalue weighted by Crippen LogP contribution is -2.49. The number of ether oxygens (including phenoxy) is 1. The number of hydrogen-bond acceptors (Lipinski definition) is 6. The summed E-state index contributed by atoms with van der Waals surface area (Å²) in [6.07, 6.45) is 0.749. The van der Waals surface area contributed by atoms with Gasteiger partial charge in [0.05, 0.1) is 17.1 Å². The number of nitrogens with one attached hydrogen (secondary N) is 1. The molecular formula is C17H24FN3O4S. The molecule has 26 heavy (non-hydrogen) atoms. The molecule has 2 fully saturated rings.